The molecule has 6 heteroatoms. The largest absolute Gasteiger partial charge is 0.481 e. The van der Waals surface area contributed by atoms with E-state index in [1.807, 2.05) is 12.1 Å². The number of fused-ring (bicyclic) bond motifs is 1. The Morgan fingerprint density at radius 3 is 2.72 bits per heavy atom. The molecule has 0 amide bonds. The van der Waals surface area contributed by atoms with Crippen LogP contribution in [0.15, 0.2) is 24.5 Å². The highest BCUT2D eigenvalue weighted by Crippen LogP contribution is 2.27. The summed E-state index contributed by atoms with van der Waals surface area (Å²) in [5.74, 6) is 1.85. The lowest BCUT2D eigenvalue weighted by Gasteiger charge is -2.36. The molecule has 132 valence electrons. The average molecular weight is 339 g/mol. The second-order valence-electron chi connectivity index (χ2n) is 6.76. The van der Waals surface area contributed by atoms with Crippen LogP contribution in [0.2, 0.25) is 0 Å². The third kappa shape index (κ3) is 3.58. The van der Waals surface area contributed by atoms with Crippen LogP contribution >= 0.6 is 0 Å². The van der Waals surface area contributed by atoms with Gasteiger partial charge >= 0.3 is 0 Å². The van der Waals surface area contributed by atoms with Crippen LogP contribution in [0.4, 0.5) is 5.82 Å². The Morgan fingerprint density at radius 1 is 1.04 bits per heavy atom. The number of aromatic nitrogens is 3. The van der Waals surface area contributed by atoms with E-state index in [0.29, 0.717) is 5.88 Å². The molecule has 6 nitrogen and oxygen atoms in total. The van der Waals surface area contributed by atoms with Gasteiger partial charge in [-0.1, -0.05) is 6.07 Å². The summed E-state index contributed by atoms with van der Waals surface area (Å²) in [7, 11) is 1.66. The van der Waals surface area contributed by atoms with Crippen LogP contribution in [0.5, 0.6) is 5.88 Å². The van der Waals surface area contributed by atoms with Crippen LogP contribution in [0.1, 0.15) is 29.8 Å². The Bertz CT molecular complexity index is 728. The number of rotatable bonds is 4. The molecule has 2 aliphatic rings. The first kappa shape index (κ1) is 16.3. The maximum atomic E-state index is 5.22. The fraction of sp³-hybridized carbons (Fsp3) is 0.526. The van der Waals surface area contributed by atoms with E-state index in [9.17, 15) is 0 Å². The summed E-state index contributed by atoms with van der Waals surface area (Å²) < 4.78 is 5.22. The highest BCUT2D eigenvalue weighted by molar-refractivity contribution is 5.50. The number of hydrogen-bond donors (Lipinski definition) is 0. The van der Waals surface area contributed by atoms with Crippen molar-refractivity contribution in [1.82, 2.24) is 19.9 Å². The smallest absolute Gasteiger partial charge is 0.213 e. The molecule has 0 atom stereocenters. The summed E-state index contributed by atoms with van der Waals surface area (Å²) in [5.41, 5.74) is 3.71. The molecule has 1 aliphatic carbocycles. The van der Waals surface area contributed by atoms with E-state index < -0.39 is 0 Å². The first-order chi connectivity index (χ1) is 12.3. The second kappa shape index (κ2) is 7.35. The minimum atomic E-state index is 0.684. The van der Waals surface area contributed by atoms with Crippen molar-refractivity contribution in [3.05, 3.63) is 41.5 Å². The summed E-state index contributed by atoms with van der Waals surface area (Å²) >= 11 is 0. The number of nitrogens with zero attached hydrogens (tertiary/aromatic N) is 5. The molecule has 0 aromatic carbocycles. The molecule has 3 heterocycles. The van der Waals surface area contributed by atoms with Crippen LogP contribution in [-0.2, 0) is 19.4 Å². The van der Waals surface area contributed by atoms with Crippen molar-refractivity contribution < 1.29 is 4.74 Å². The molecule has 0 saturated carbocycles. The monoisotopic (exact) mass is 339 g/mol. The molecule has 0 radical (unpaired) electrons. The minimum absolute atomic E-state index is 0.684. The topological polar surface area (TPSA) is 54.4 Å². The Balaban J connectivity index is 1.40. The molecule has 1 saturated heterocycles. The van der Waals surface area contributed by atoms with E-state index in [-0.39, 0.29) is 0 Å². The van der Waals surface area contributed by atoms with E-state index in [0.717, 1.165) is 51.3 Å². The Morgan fingerprint density at radius 2 is 1.88 bits per heavy atom. The Kier molecular flexibility index (Phi) is 4.78. The van der Waals surface area contributed by atoms with E-state index in [4.69, 9.17) is 4.74 Å². The van der Waals surface area contributed by atoms with Crippen LogP contribution in [0.25, 0.3) is 0 Å². The minimum Gasteiger partial charge on any atom is -0.481 e. The van der Waals surface area contributed by atoms with Gasteiger partial charge in [-0.3, -0.25) is 4.90 Å². The molecule has 0 unspecified atom stereocenters. The molecular weight excluding hydrogens is 314 g/mol. The molecule has 0 N–H and O–H groups in total. The summed E-state index contributed by atoms with van der Waals surface area (Å²) in [5, 5.41) is 0. The maximum absolute atomic E-state index is 5.22. The third-order valence-corrected chi connectivity index (χ3v) is 5.15. The van der Waals surface area contributed by atoms with Gasteiger partial charge in [0.15, 0.2) is 0 Å². The first-order valence-electron chi connectivity index (χ1n) is 9.13. The number of ether oxygens (including phenoxy) is 1. The van der Waals surface area contributed by atoms with Crippen molar-refractivity contribution in [3.8, 4) is 5.88 Å². The van der Waals surface area contributed by atoms with Gasteiger partial charge in [-0.05, 0) is 31.7 Å². The van der Waals surface area contributed by atoms with Crippen LogP contribution in [0, 0.1) is 0 Å². The molecule has 1 fully saturated rings. The molecule has 0 spiro atoms. The zero-order valence-corrected chi connectivity index (χ0v) is 14.8. The highest BCUT2D eigenvalue weighted by Gasteiger charge is 2.23. The summed E-state index contributed by atoms with van der Waals surface area (Å²) in [4.78, 5) is 18.5. The van der Waals surface area contributed by atoms with Crippen LogP contribution in [0.3, 0.4) is 0 Å². The lowest BCUT2D eigenvalue weighted by Crippen LogP contribution is -2.46. The van der Waals surface area contributed by atoms with Crippen molar-refractivity contribution >= 4 is 5.82 Å². The normalized spacial score (nSPS) is 18.0. The number of methoxy groups -OCH3 is 1. The van der Waals surface area contributed by atoms with Gasteiger partial charge in [-0.25, -0.2) is 15.0 Å². The average Bonchev–Trinajstić information content (AvgIpc) is 2.68. The predicted octanol–water partition coefficient (Wildman–Crippen LogP) is 2.08. The number of pyridine rings is 1. The van der Waals surface area contributed by atoms with Gasteiger partial charge in [0.1, 0.15) is 12.1 Å². The van der Waals surface area contributed by atoms with Gasteiger partial charge in [0.25, 0.3) is 0 Å². The third-order valence-electron chi connectivity index (χ3n) is 5.15. The van der Waals surface area contributed by atoms with E-state index in [1.54, 1.807) is 13.4 Å². The maximum Gasteiger partial charge on any atom is 0.213 e. The zero-order valence-electron chi connectivity index (χ0n) is 14.8. The van der Waals surface area contributed by atoms with Gasteiger partial charge in [0, 0.05) is 50.0 Å². The molecule has 2 aromatic heterocycles. The molecule has 0 bridgehead atoms. The van der Waals surface area contributed by atoms with Crippen molar-refractivity contribution in [1.29, 1.82) is 0 Å². The van der Waals surface area contributed by atoms with Gasteiger partial charge in [0.05, 0.1) is 12.8 Å². The van der Waals surface area contributed by atoms with Crippen molar-refractivity contribution in [2.45, 2.75) is 32.2 Å². The van der Waals surface area contributed by atoms with Crippen LogP contribution < -0.4 is 9.64 Å². The molecule has 25 heavy (non-hydrogen) atoms. The van der Waals surface area contributed by atoms with Crippen molar-refractivity contribution in [2.24, 2.45) is 0 Å². The summed E-state index contributed by atoms with van der Waals surface area (Å²) in [6, 6.07) is 5.96. The van der Waals surface area contributed by atoms with E-state index in [1.165, 1.54) is 29.9 Å². The number of anilines is 1. The van der Waals surface area contributed by atoms with E-state index in [2.05, 4.69) is 30.8 Å². The SMILES string of the molecule is COc1cccc(CN2CCN(c3ncnc4c3CCCC4)CC2)n1. The summed E-state index contributed by atoms with van der Waals surface area (Å²) in [6.45, 7) is 4.93. The summed E-state index contributed by atoms with van der Waals surface area (Å²) in [6.07, 6.45) is 6.48. The van der Waals surface area contributed by atoms with Gasteiger partial charge in [-0.2, -0.15) is 0 Å². The van der Waals surface area contributed by atoms with Gasteiger partial charge < -0.3 is 9.64 Å². The Labute approximate surface area is 148 Å². The van der Waals surface area contributed by atoms with E-state index >= 15 is 0 Å². The van der Waals surface area contributed by atoms with Crippen molar-refractivity contribution in [3.63, 3.8) is 0 Å². The number of aryl methyl sites for hydroxylation is 1. The molecule has 1 aliphatic heterocycles. The van der Waals surface area contributed by atoms with Crippen LogP contribution in [-0.4, -0.2) is 53.1 Å². The fourth-order valence-electron chi connectivity index (χ4n) is 3.78. The number of piperazine rings is 1. The predicted molar refractivity (Wildman–Crippen MR) is 97.0 cm³/mol. The lowest BCUT2D eigenvalue weighted by atomic mass is 9.96. The Hall–Kier alpha value is -2.21. The zero-order chi connectivity index (χ0) is 17.1. The highest BCUT2D eigenvalue weighted by atomic mass is 16.5. The number of hydrogen-bond acceptors (Lipinski definition) is 6. The fourth-order valence-corrected chi connectivity index (χ4v) is 3.78. The standard InChI is InChI=1S/C19H25N5O/c1-25-18-8-4-5-15(22-18)13-23-9-11-24(12-10-23)19-16-6-2-3-7-17(16)20-14-21-19/h4-5,8,14H,2-3,6-7,9-13H2,1H3. The molecule has 2 aromatic rings. The molecular formula is C19H25N5O. The first-order valence-corrected chi connectivity index (χ1v) is 9.13. The quantitative estimate of drug-likeness (QED) is 0.850. The lowest BCUT2D eigenvalue weighted by molar-refractivity contribution is 0.245. The van der Waals surface area contributed by atoms with Gasteiger partial charge in [0.2, 0.25) is 5.88 Å². The van der Waals surface area contributed by atoms with Gasteiger partial charge in [-0.15, -0.1) is 0 Å². The van der Waals surface area contributed by atoms with Crippen molar-refractivity contribution in [2.75, 3.05) is 38.2 Å². The second-order valence-corrected chi connectivity index (χ2v) is 6.76. The molecule has 4 rings (SSSR count).